The normalized spacial score (nSPS) is 12.2. The van der Waals surface area contributed by atoms with Crippen molar-refractivity contribution in [3.05, 3.63) is 30.3 Å². The number of carbonyl (C=O) groups is 1. The molecule has 0 saturated heterocycles. The van der Waals surface area contributed by atoms with Crippen LogP contribution in [0.25, 0.3) is 0 Å². The van der Waals surface area contributed by atoms with E-state index in [1.54, 1.807) is 11.9 Å². The molecule has 0 saturated carbocycles. The minimum absolute atomic E-state index is 0.0205. The highest BCUT2D eigenvalue weighted by Gasteiger charge is 2.18. The predicted octanol–water partition coefficient (Wildman–Crippen LogP) is 2.12. The summed E-state index contributed by atoms with van der Waals surface area (Å²) in [4.78, 5) is 13.7. The Labute approximate surface area is 107 Å². The quantitative estimate of drug-likeness (QED) is 0.789. The van der Waals surface area contributed by atoms with Gasteiger partial charge in [-0.2, -0.15) is 11.8 Å². The first-order valence-electron chi connectivity index (χ1n) is 5.82. The number of likely N-dealkylation sites (N-methyl/N-ethyl adjacent to an activating group) is 1. The van der Waals surface area contributed by atoms with Crippen LogP contribution in [0, 0.1) is 0 Å². The molecular formula is C13H20N2OS. The van der Waals surface area contributed by atoms with Crippen LogP contribution in [0.2, 0.25) is 0 Å². The van der Waals surface area contributed by atoms with E-state index in [1.807, 2.05) is 42.1 Å². The van der Waals surface area contributed by atoms with E-state index in [0.29, 0.717) is 0 Å². The Morgan fingerprint density at radius 1 is 1.41 bits per heavy atom. The number of carbonyl (C=O) groups excluding carboxylic acids is 1. The van der Waals surface area contributed by atoms with Crippen LogP contribution in [-0.2, 0) is 4.79 Å². The molecule has 1 rings (SSSR count). The van der Waals surface area contributed by atoms with E-state index in [4.69, 9.17) is 5.73 Å². The number of hydrogen-bond donors (Lipinski definition) is 1. The number of nitrogens with zero attached hydrogens (tertiary/aromatic N) is 1. The molecule has 1 atom stereocenters. The summed E-state index contributed by atoms with van der Waals surface area (Å²) in [6.45, 7) is 2.11. The van der Waals surface area contributed by atoms with Gasteiger partial charge in [-0.3, -0.25) is 4.79 Å². The van der Waals surface area contributed by atoms with Crippen LogP contribution in [0.5, 0.6) is 0 Å². The van der Waals surface area contributed by atoms with Gasteiger partial charge in [-0.15, -0.1) is 0 Å². The lowest BCUT2D eigenvalue weighted by Crippen LogP contribution is -2.42. The zero-order chi connectivity index (χ0) is 12.7. The summed E-state index contributed by atoms with van der Waals surface area (Å²) in [6.07, 6.45) is 0.731. The Morgan fingerprint density at radius 3 is 2.65 bits per heavy atom. The zero-order valence-electron chi connectivity index (χ0n) is 10.4. The van der Waals surface area contributed by atoms with Crippen molar-refractivity contribution in [2.45, 2.75) is 19.4 Å². The van der Waals surface area contributed by atoms with Gasteiger partial charge in [0.05, 0.1) is 6.04 Å². The van der Waals surface area contributed by atoms with E-state index >= 15 is 0 Å². The number of benzene rings is 1. The molecular weight excluding hydrogens is 232 g/mol. The second-order valence-electron chi connectivity index (χ2n) is 3.82. The molecule has 17 heavy (non-hydrogen) atoms. The maximum atomic E-state index is 12.0. The summed E-state index contributed by atoms with van der Waals surface area (Å²) < 4.78 is 0. The second-order valence-corrected chi connectivity index (χ2v) is 5.22. The van der Waals surface area contributed by atoms with Gasteiger partial charge in [-0.05, 0) is 30.1 Å². The maximum absolute atomic E-state index is 12.0. The summed E-state index contributed by atoms with van der Waals surface area (Å²) in [5.74, 6) is 1.98. The Bertz CT molecular complexity index is 343. The molecule has 2 N–H and O–H groups in total. The van der Waals surface area contributed by atoms with Gasteiger partial charge in [0.25, 0.3) is 0 Å². The molecule has 0 unspecified atom stereocenters. The first-order chi connectivity index (χ1) is 8.16. The van der Waals surface area contributed by atoms with Gasteiger partial charge in [0.15, 0.2) is 0 Å². The number of rotatable bonds is 6. The minimum atomic E-state index is -0.403. The first kappa shape index (κ1) is 14.1. The topological polar surface area (TPSA) is 46.3 Å². The summed E-state index contributed by atoms with van der Waals surface area (Å²) in [5, 5.41) is 0. The molecule has 0 radical (unpaired) electrons. The van der Waals surface area contributed by atoms with Gasteiger partial charge < -0.3 is 10.6 Å². The van der Waals surface area contributed by atoms with Crippen molar-refractivity contribution in [3.8, 4) is 0 Å². The van der Waals surface area contributed by atoms with Gasteiger partial charge in [0, 0.05) is 12.7 Å². The molecule has 3 nitrogen and oxygen atoms in total. The monoisotopic (exact) mass is 252 g/mol. The van der Waals surface area contributed by atoms with E-state index in [1.165, 1.54) is 0 Å². The van der Waals surface area contributed by atoms with E-state index in [-0.39, 0.29) is 5.91 Å². The smallest absolute Gasteiger partial charge is 0.243 e. The fraction of sp³-hybridized carbons (Fsp3) is 0.462. The summed E-state index contributed by atoms with van der Waals surface area (Å²) in [6, 6.07) is 9.17. The lowest BCUT2D eigenvalue weighted by Gasteiger charge is -2.21. The summed E-state index contributed by atoms with van der Waals surface area (Å²) >= 11 is 1.81. The van der Waals surface area contributed by atoms with Gasteiger partial charge in [-0.1, -0.05) is 25.1 Å². The van der Waals surface area contributed by atoms with Crippen LogP contribution in [0.15, 0.2) is 30.3 Å². The molecule has 0 aliphatic rings. The molecule has 0 aliphatic heterocycles. The lowest BCUT2D eigenvalue weighted by molar-refractivity contribution is -0.119. The lowest BCUT2D eigenvalue weighted by atomic mass is 10.2. The average Bonchev–Trinajstić information content (AvgIpc) is 2.38. The van der Waals surface area contributed by atoms with Gasteiger partial charge in [0.1, 0.15) is 0 Å². The van der Waals surface area contributed by atoms with Crippen LogP contribution in [0.3, 0.4) is 0 Å². The van der Waals surface area contributed by atoms with Crippen LogP contribution >= 0.6 is 11.8 Å². The van der Waals surface area contributed by atoms with Crippen LogP contribution in [0.1, 0.15) is 13.3 Å². The van der Waals surface area contributed by atoms with E-state index in [9.17, 15) is 4.79 Å². The van der Waals surface area contributed by atoms with Crippen LogP contribution < -0.4 is 10.6 Å². The van der Waals surface area contributed by atoms with E-state index < -0.39 is 6.04 Å². The molecule has 94 valence electrons. The number of nitrogens with two attached hydrogens (primary N) is 1. The zero-order valence-corrected chi connectivity index (χ0v) is 11.2. The predicted molar refractivity (Wildman–Crippen MR) is 75.4 cm³/mol. The molecule has 0 bridgehead atoms. The Kier molecular flexibility index (Phi) is 6.08. The number of amides is 1. The third-order valence-corrected chi connectivity index (χ3v) is 3.50. The van der Waals surface area contributed by atoms with Crippen molar-refractivity contribution in [3.63, 3.8) is 0 Å². The summed E-state index contributed by atoms with van der Waals surface area (Å²) in [5.41, 5.74) is 6.78. The largest absolute Gasteiger partial charge is 0.320 e. The molecule has 1 amide bonds. The number of thioether (sulfide) groups is 1. The fourth-order valence-electron chi connectivity index (χ4n) is 1.51. The Morgan fingerprint density at radius 2 is 2.06 bits per heavy atom. The SMILES string of the molecule is CCSCC[C@H](N)C(=O)N(C)c1ccccc1. The van der Waals surface area contributed by atoms with Gasteiger partial charge in [0.2, 0.25) is 5.91 Å². The third-order valence-electron chi connectivity index (χ3n) is 2.57. The van der Waals surface area contributed by atoms with Gasteiger partial charge in [-0.25, -0.2) is 0 Å². The Balaban J connectivity index is 2.51. The average molecular weight is 252 g/mol. The molecule has 0 spiro atoms. The van der Waals surface area contributed by atoms with E-state index in [0.717, 1.165) is 23.6 Å². The van der Waals surface area contributed by atoms with Crippen molar-refractivity contribution in [1.29, 1.82) is 0 Å². The summed E-state index contributed by atoms with van der Waals surface area (Å²) in [7, 11) is 1.77. The molecule has 0 fully saturated rings. The van der Waals surface area contributed by atoms with Crippen LogP contribution in [0.4, 0.5) is 5.69 Å². The molecule has 0 heterocycles. The highest BCUT2D eigenvalue weighted by molar-refractivity contribution is 7.99. The van der Waals surface area contributed by atoms with Crippen molar-refractivity contribution in [2.24, 2.45) is 5.73 Å². The molecule has 0 aliphatic carbocycles. The minimum Gasteiger partial charge on any atom is -0.320 e. The van der Waals surface area contributed by atoms with E-state index in [2.05, 4.69) is 6.92 Å². The van der Waals surface area contributed by atoms with Crippen molar-refractivity contribution in [1.82, 2.24) is 0 Å². The molecule has 1 aromatic carbocycles. The van der Waals surface area contributed by atoms with Crippen molar-refractivity contribution >= 4 is 23.4 Å². The maximum Gasteiger partial charge on any atom is 0.243 e. The highest BCUT2D eigenvalue weighted by Crippen LogP contribution is 2.13. The van der Waals surface area contributed by atoms with Crippen LogP contribution in [-0.4, -0.2) is 30.5 Å². The fourth-order valence-corrected chi connectivity index (χ4v) is 2.21. The molecule has 4 heteroatoms. The first-order valence-corrected chi connectivity index (χ1v) is 6.98. The highest BCUT2D eigenvalue weighted by atomic mass is 32.2. The Hall–Kier alpha value is -1.00. The molecule has 0 aromatic heterocycles. The number of para-hydroxylation sites is 1. The number of hydrogen-bond acceptors (Lipinski definition) is 3. The van der Waals surface area contributed by atoms with Crippen molar-refractivity contribution in [2.75, 3.05) is 23.5 Å². The second kappa shape index (κ2) is 7.35. The van der Waals surface area contributed by atoms with Crippen molar-refractivity contribution < 1.29 is 4.79 Å². The standard InChI is InChI=1S/C13H20N2OS/c1-3-17-10-9-12(14)13(16)15(2)11-7-5-4-6-8-11/h4-8,12H,3,9-10,14H2,1-2H3/t12-/m0/s1. The third kappa shape index (κ3) is 4.40. The molecule has 1 aromatic rings. The van der Waals surface area contributed by atoms with Gasteiger partial charge >= 0.3 is 0 Å². The number of anilines is 1.